The lowest BCUT2D eigenvalue weighted by atomic mass is 10.2. The minimum Gasteiger partial charge on any atom is -0.495 e. The maximum Gasteiger partial charge on any atom is 0.416 e. The van der Waals surface area contributed by atoms with E-state index in [1.165, 1.54) is 31.6 Å². The van der Waals surface area contributed by atoms with Crippen LogP contribution >= 0.6 is 11.6 Å². The van der Waals surface area contributed by atoms with E-state index >= 15 is 0 Å². The van der Waals surface area contributed by atoms with Gasteiger partial charge in [-0.2, -0.15) is 13.2 Å². The summed E-state index contributed by atoms with van der Waals surface area (Å²) in [5.41, 5.74) is -0.795. The normalized spacial score (nSPS) is 12.0. The monoisotopic (exact) mass is 446 g/mol. The van der Waals surface area contributed by atoms with Crippen molar-refractivity contribution in [1.29, 1.82) is 0 Å². The smallest absolute Gasteiger partial charge is 0.416 e. The Labute approximate surface area is 169 Å². The molecule has 0 N–H and O–H groups in total. The molecule has 1 aromatic heterocycles. The highest BCUT2D eigenvalue weighted by Crippen LogP contribution is 2.38. The van der Waals surface area contributed by atoms with Gasteiger partial charge in [0.1, 0.15) is 22.6 Å². The van der Waals surface area contributed by atoms with Gasteiger partial charge in [0.05, 0.1) is 29.9 Å². The number of methoxy groups -OCH3 is 1. The molecule has 3 aromatic rings. The van der Waals surface area contributed by atoms with Crippen molar-refractivity contribution in [3.63, 3.8) is 0 Å². The number of halogens is 4. The summed E-state index contributed by atoms with van der Waals surface area (Å²) >= 11 is 5.98. The minimum absolute atomic E-state index is 0.103. The molecule has 0 aliphatic rings. The Balaban J connectivity index is 2.19. The van der Waals surface area contributed by atoms with E-state index in [1.54, 1.807) is 12.1 Å². The second kappa shape index (κ2) is 7.96. The van der Waals surface area contributed by atoms with Crippen molar-refractivity contribution in [3.05, 3.63) is 71.1 Å². The van der Waals surface area contributed by atoms with Gasteiger partial charge in [-0.1, -0.05) is 28.9 Å². The number of benzene rings is 2. The van der Waals surface area contributed by atoms with Crippen LogP contribution in [0.1, 0.15) is 11.3 Å². The zero-order valence-corrected chi connectivity index (χ0v) is 16.4. The lowest BCUT2D eigenvalue weighted by Gasteiger charge is -2.26. The van der Waals surface area contributed by atoms with Crippen molar-refractivity contribution in [2.45, 2.75) is 17.6 Å². The number of sulfonamides is 1. The fraction of sp³-hybridized carbons (Fsp3) is 0.167. The Bertz CT molecular complexity index is 1100. The molecule has 0 unspecified atom stereocenters. The predicted octanol–water partition coefficient (Wildman–Crippen LogP) is 4.75. The third-order valence-electron chi connectivity index (χ3n) is 3.98. The molecule has 11 heteroatoms. The van der Waals surface area contributed by atoms with Gasteiger partial charge in [0.2, 0.25) is 0 Å². The molecule has 0 amide bonds. The molecular weight excluding hydrogens is 433 g/mol. The van der Waals surface area contributed by atoms with Crippen molar-refractivity contribution in [3.8, 4) is 5.75 Å². The molecule has 29 heavy (non-hydrogen) atoms. The zero-order valence-electron chi connectivity index (χ0n) is 14.9. The summed E-state index contributed by atoms with van der Waals surface area (Å²) < 4.78 is 77.0. The lowest BCUT2D eigenvalue weighted by molar-refractivity contribution is -0.137. The van der Waals surface area contributed by atoms with Gasteiger partial charge in [0.15, 0.2) is 0 Å². The SMILES string of the molecule is COc1ccccc1N(Cc1ccon1)S(=O)(=O)c1cc(C(F)(F)F)ccc1Cl. The zero-order chi connectivity index (χ0) is 21.2. The lowest BCUT2D eigenvalue weighted by Crippen LogP contribution is -2.31. The van der Waals surface area contributed by atoms with Gasteiger partial charge < -0.3 is 9.26 Å². The molecule has 154 valence electrons. The third-order valence-corrected chi connectivity index (χ3v) is 6.22. The quantitative estimate of drug-likeness (QED) is 0.546. The fourth-order valence-corrected chi connectivity index (χ4v) is 4.55. The molecular formula is C18H14ClF3N2O4S. The maximum atomic E-state index is 13.4. The second-order valence-electron chi connectivity index (χ2n) is 5.82. The van der Waals surface area contributed by atoms with E-state index in [-0.39, 0.29) is 28.7 Å². The summed E-state index contributed by atoms with van der Waals surface area (Å²) in [6, 6.07) is 9.72. The Morgan fingerprint density at radius 1 is 1.17 bits per heavy atom. The molecule has 0 saturated heterocycles. The molecule has 0 spiro atoms. The maximum absolute atomic E-state index is 13.4. The van der Waals surface area contributed by atoms with Crippen molar-refractivity contribution < 1.29 is 30.8 Å². The van der Waals surface area contributed by atoms with Crippen LogP contribution < -0.4 is 9.04 Å². The Kier molecular flexibility index (Phi) is 5.76. The van der Waals surface area contributed by atoms with Crippen LogP contribution in [0.3, 0.4) is 0 Å². The standard InChI is InChI=1S/C18H14ClF3N2O4S/c1-27-16-5-3-2-4-15(16)24(11-13-8-9-28-23-13)29(25,26)17-10-12(18(20,21)22)6-7-14(17)19/h2-10H,11H2,1H3. The van der Waals surface area contributed by atoms with Crippen LogP contribution in [-0.2, 0) is 22.7 Å². The molecule has 3 rings (SSSR count). The van der Waals surface area contributed by atoms with E-state index < -0.39 is 26.7 Å². The van der Waals surface area contributed by atoms with Crippen molar-refractivity contribution >= 4 is 27.3 Å². The summed E-state index contributed by atoms with van der Waals surface area (Å²) in [6.07, 6.45) is -3.49. The van der Waals surface area contributed by atoms with E-state index in [0.717, 1.165) is 10.4 Å². The molecule has 0 radical (unpaired) electrons. The molecule has 0 saturated carbocycles. The number of aromatic nitrogens is 1. The molecule has 2 aromatic carbocycles. The van der Waals surface area contributed by atoms with Crippen LogP contribution in [0, 0.1) is 0 Å². The van der Waals surface area contributed by atoms with Crippen LogP contribution in [0.5, 0.6) is 5.75 Å². The summed E-state index contributed by atoms with van der Waals surface area (Å²) in [6.45, 7) is -0.314. The van der Waals surface area contributed by atoms with Crippen LogP contribution in [0.25, 0.3) is 0 Å². The van der Waals surface area contributed by atoms with E-state index in [2.05, 4.69) is 5.16 Å². The Hall–Kier alpha value is -2.72. The summed E-state index contributed by atoms with van der Waals surface area (Å²) in [5.74, 6) is 0.197. The van der Waals surface area contributed by atoms with Gasteiger partial charge in [-0.15, -0.1) is 0 Å². The molecule has 0 bridgehead atoms. The van der Waals surface area contributed by atoms with Crippen molar-refractivity contribution in [2.24, 2.45) is 0 Å². The molecule has 0 atom stereocenters. The average molecular weight is 447 g/mol. The van der Waals surface area contributed by atoms with Gasteiger partial charge in [-0.3, -0.25) is 4.31 Å². The number of hydrogen-bond donors (Lipinski definition) is 0. The molecule has 0 fully saturated rings. The van der Waals surface area contributed by atoms with E-state index in [1.807, 2.05) is 0 Å². The van der Waals surface area contributed by atoms with Gasteiger partial charge in [0.25, 0.3) is 10.0 Å². The van der Waals surface area contributed by atoms with Crippen LogP contribution in [0.2, 0.25) is 5.02 Å². The van der Waals surface area contributed by atoms with Crippen LogP contribution in [-0.4, -0.2) is 20.7 Å². The van der Waals surface area contributed by atoms with Gasteiger partial charge in [0, 0.05) is 6.07 Å². The number of nitrogens with zero attached hydrogens (tertiary/aromatic N) is 2. The highest BCUT2D eigenvalue weighted by atomic mass is 35.5. The first-order valence-electron chi connectivity index (χ1n) is 8.06. The van der Waals surface area contributed by atoms with Crippen molar-refractivity contribution in [1.82, 2.24) is 5.16 Å². The average Bonchev–Trinajstić information content (AvgIpc) is 3.18. The largest absolute Gasteiger partial charge is 0.495 e. The molecule has 1 heterocycles. The highest BCUT2D eigenvalue weighted by molar-refractivity contribution is 7.93. The Morgan fingerprint density at radius 3 is 2.52 bits per heavy atom. The molecule has 0 aliphatic carbocycles. The topological polar surface area (TPSA) is 72.6 Å². The first-order chi connectivity index (χ1) is 13.6. The van der Waals surface area contributed by atoms with Gasteiger partial charge >= 0.3 is 6.18 Å². The predicted molar refractivity (Wildman–Crippen MR) is 99.3 cm³/mol. The van der Waals surface area contributed by atoms with Gasteiger partial charge in [-0.05, 0) is 30.3 Å². The van der Waals surface area contributed by atoms with Crippen LogP contribution in [0.15, 0.2) is 64.2 Å². The number of anilines is 1. The molecule has 0 aliphatic heterocycles. The number of rotatable bonds is 6. The van der Waals surface area contributed by atoms with E-state index in [9.17, 15) is 21.6 Å². The number of alkyl halides is 3. The van der Waals surface area contributed by atoms with Gasteiger partial charge in [-0.25, -0.2) is 8.42 Å². The first-order valence-corrected chi connectivity index (χ1v) is 9.88. The third kappa shape index (κ3) is 4.33. The highest BCUT2D eigenvalue weighted by Gasteiger charge is 2.35. The Morgan fingerprint density at radius 2 is 1.90 bits per heavy atom. The van der Waals surface area contributed by atoms with Crippen molar-refractivity contribution in [2.75, 3.05) is 11.4 Å². The van der Waals surface area contributed by atoms with Crippen LogP contribution in [0.4, 0.5) is 18.9 Å². The summed E-state index contributed by atoms with van der Waals surface area (Å²) in [5, 5.41) is 3.34. The number of hydrogen-bond acceptors (Lipinski definition) is 5. The fourth-order valence-electron chi connectivity index (χ4n) is 2.60. The minimum atomic E-state index is -4.74. The summed E-state index contributed by atoms with van der Waals surface area (Å²) in [4.78, 5) is -0.691. The number of para-hydroxylation sites is 2. The van der Waals surface area contributed by atoms with E-state index in [4.69, 9.17) is 20.9 Å². The number of ether oxygens (including phenoxy) is 1. The molecule has 6 nitrogen and oxygen atoms in total. The van der Waals surface area contributed by atoms with E-state index in [0.29, 0.717) is 12.1 Å². The second-order valence-corrected chi connectivity index (χ2v) is 8.06. The first kappa shape index (κ1) is 21.0. The summed E-state index contributed by atoms with van der Waals surface area (Å²) in [7, 11) is -3.19.